The van der Waals surface area contributed by atoms with Crippen LogP contribution in [0.15, 0.2) is 12.1 Å². The molecule has 1 aromatic rings. The molecule has 0 bridgehead atoms. The minimum atomic E-state index is 0.134. The third-order valence-corrected chi connectivity index (χ3v) is 3.09. The molecule has 0 heterocycles. The molecule has 2 heteroatoms. The van der Waals surface area contributed by atoms with Crippen LogP contribution in [-0.2, 0) is 0 Å². The van der Waals surface area contributed by atoms with Crippen LogP contribution >= 0.6 is 0 Å². The van der Waals surface area contributed by atoms with E-state index in [1.807, 2.05) is 0 Å². The first-order chi connectivity index (χ1) is 7.34. The molecule has 0 radical (unpaired) electrons. The average molecular weight is 220 g/mol. The maximum absolute atomic E-state index is 6.10. The molecule has 0 aliphatic carbocycles. The van der Waals surface area contributed by atoms with Gasteiger partial charge in [-0.05, 0) is 58.5 Å². The van der Waals surface area contributed by atoms with Crippen molar-refractivity contribution in [2.24, 2.45) is 5.73 Å². The van der Waals surface area contributed by atoms with Crippen molar-refractivity contribution in [3.63, 3.8) is 0 Å². The van der Waals surface area contributed by atoms with Gasteiger partial charge in [-0.25, -0.2) is 0 Å². The second-order valence-corrected chi connectivity index (χ2v) is 5.08. The lowest BCUT2D eigenvalue weighted by Gasteiger charge is -2.31. The van der Waals surface area contributed by atoms with Crippen molar-refractivity contribution < 1.29 is 0 Å². The number of hydrogen-bond acceptors (Lipinski definition) is 2. The van der Waals surface area contributed by atoms with Crippen molar-refractivity contribution >= 4 is 0 Å². The fourth-order valence-corrected chi connectivity index (χ4v) is 2.65. The Morgan fingerprint density at radius 3 is 1.81 bits per heavy atom. The maximum atomic E-state index is 6.10. The molecule has 0 aliphatic heterocycles. The molecule has 1 aromatic carbocycles. The van der Waals surface area contributed by atoms with Gasteiger partial charge in [0, 0.05) is 12.1 Å². The van der Waals surface area contributed by atoms with E-state index < -0.39 is 0 Å². The van der Waals surface area contributed by atoms with Gasteiger partial charge in [0.1, 0.15) is 0 Å². The van der Waals surface area contributed by atoms with Gasteiger partial charge in [0.2, 0.25) is 0 Å². The van der Waals surface area contributed by atoms with Crippen LogP contribution in [0, 0.1) is 20.8 Å². The van der Waals surface area contributed by atoms with Gasteiger partial charge in [0.15, 0.2) is 0 Å². The smallest absolute Gasteiger partial charge is 0.0496 e. The summed E-state index contributed by atoms with van der Waals surface area (Å²) in [5, 5.41) is 0. The summed E-state index contributed by atoms with van der Waals surface area (Å²) >= 11 is 0. The first-order valence-electron chi connectivity index (χ1n) is 5.84. The molecule has 16 heavy (non-hydrogen) atoms. The first-order valence-corrected chi connectivity index (χ1v) is 5.84. The summed E-state index contributed by atoms with van der Waals surface area (Å²) < 4.78 is 0. The number of nitrogens with zero attached hydrogens (tertiary/aromatic N) is 1. The molecule has 0 saturated heterocycles. The van der Waals surface area contributed by atoms with E-state index in [1.165, 1.54) is 22.3 Å². The van der Waals surface area contributed by atoms with Crippen LogP contribution in [0.1, 0.15) is 35.2 Å². The van der Waals surface area contributed by atoms with Gasteiger partial charge in [-0.1, -0.05) is 17.7 Å². The van der Waals surface area contributed by atoms with Crippen LogP contribution in [0.25, 0.3) is 0 Å². The van der Waals surface area contributed by atoms with Crippen LogP contribution in [0.5, 0.6) is 0 Å². The number of aryl methyl sites for hydroxylation is 3. The molecule has 0 fully saturated rings. The summed E-state index contributed by atoms with van der Waals surface area (Å²) in [5.41, 5.74) is 11.5. The zero-order valence-corrected chi connectivity index (χ0v) is 11.3. The largest absolute Gasteiger partial charge is 0.326 e. The van der Waals surface area contributed by atoms with Crippen LogP contribution in [0.3, 0.4) is 0 Å². The number of rotatable bonds is 3. The molecule has 2 unspecified atom stereocenters. The van der Waals surface area contributed by atoms with Gasteiger partial charge in [0.05, 0.1) is 0 Å². The van der Waals surface area contributed by atoms with Gasteiger partial charge in [0.25, 0.3) is 0 Å². The minimum absolute atomic E-state index is 0.134. The molecule has 2 N–H and O–H groups in total. The molecule has 90 valence electrons. The van der Waals surface area contributed by atoms with E-state index in [2.05, 4.69) is 58.8 Å². The number of benzene rings is 1. The van der Waals surface area contributed by atoms with E-state index in [1.54, 1.807) is 0 Å². The van der Waals surface area contributed by atoms with Crippen molar-refractivity contribution in [1.29, 1.82) is 0 Å². The van der Waals surface area contributed by atoms with Gasteiger partial charge in [-0.2, -0.15) is 0 Å². The Labute approximate surface area is 99.5 Å². The van der Waals surface area contributed by atoms with Gasteiger partial charge >= 0.3 is 0 Å². The predicted molar refractivity (Wildman–Crippen MR) is 70.7 cm³/mol. The van der Waals surface area contributed by atoms with E-state index in [0.29, 0.717) is 6.04 Å². The molecule has 2 nitrogen and oxygen atoms in total. The highest BCUT2D eigenvalue weighted by Gasteiger charge is 2.22. The highest BCUT2D eigenvalue weighted by atomic mass is 15.1. The zero-order chi connectivity index (χ0) is 12.5. The fourth-order valence-electron chi connectivity index (χ4n) is 2.65. The number of nitrogens with two attached hydrogens (primary N) is 1. The Balaban J connectivity index is 3.29. The highest BCUT2D eigenvalue weighted by Crippen LogP contribution is 2.28. The van der Waals surface area contributed by atoms with Crippen LogP contribution in [0.2, 0.25) is 0 Å². The van der Waals surface area contributed by atoms with Crippen molar-refractivity contribution in [2.75, 3.05) is 14.1 Å². The third kappa shape index (κ3) is 2.63. The van der Waals surface area contributed by atoms with Gasteiger partial charge < -0.3 is 10.6 Å². The Bertz CT molecular complexity index is 336. The summed E-state index contributed by atoms with van der Waals surface area (Å²) in [7, 11) is 4.18. The summed E-state index contributed by atoms with van der Waals surface area (Å²) in [5.74, 6) is 0. The number of hydrogen-bond donors (Lipinski definition) is 1. The van der Waals surface area contributed by atoms with E-state index in [4.69, 9.17) is 5.73 Å². The van der Waals surface area contributed by atoms with Crippen molar-refractivity contribution in [3.8, 4) is 0 Å². The number of likely N-dealkylation sites (N-methyl/N-ethyl adjacent to an activating group) is 1. The van der Waals surface area contributed by atoms with E-state index in [-0.39, 0.29) is 6.04 Å². The quantitative estimate of drug-likeness (QED) is 0.848. The highest BCUT2D eigenvalue weighted by molar-refractivity contribution is 5.40. The minimum Gasteiger partial charge on any atom is -0.326 e. The monoisotopic (exact) mass is 220 g/mol. The molecule has 0 aliphatic rings. The normalized spacial score (nSPS) is 15.2. The molecular weight excluding hydrogens is 196 g/mol. The summed E-state index contributed by atoms with van der Waals surface area (Å²) in [6.45, 7) is 8.56. The Kier molecular flexibility index (Phi) is 4.11. The molecule has 1 rings (SSSR count). The molecule has 0 saturated carbocycles. The van der Waals surface area contributed by atoms with E-state index >= 15 is 0 Å². The second kappa shape index (κ2) is 4.98. The molecule has 0 aromatic heterocycles. The summed E-state index contributed by atoms with van der Waals surface area (Å²) in [6, 6.07) is 4.90. The maximum Gasteiger partial charge on any atom is 0.0496 e. The lowest BCUT2D eigenvalue weighted by Crippen LogP contribution is -2.36. The molecule has 2 atom stereocenters. The third-order valence-electron chi connectivity index (χ3n) is 3.09. The SMILES string of the molecule is Cc1cc(C)c(C(C(C)N)N(C)C)c(C)c1. The lowest BCUT2D eigenvalue weighted by molar-refractivity contribution is 0.264. The average Bonchev–Trinajstić information content (AvgIpc) is 2.09. The summed E-state index contributed by atoms with van der Waals surface area (Å²) in [4.78, 5) is 2.20. The zero-order valence-electron chi connectivity index (χ0n) is 11.3. The standard InChI is InChI=1S/C14H24N2/c1-9-7-10(2)13(11(3)8-9)14(12(4)15)16(5)6/h7-8,12,14H,15H2,1-6H3. The van der Waals surface area contributed by atoms with Gasteiger partial charge in [-0.3, -0.25) is 0 Å². The van der Waals surface area contributed by atoms with Crippen molar-refractivity contribution in [2.45, 2.75) is 39.8 Å². The second-order valence-electron chi connectivity index (χ2n) is 5.08. The van der Waals surface area contributed by atoms with Crippen LogP contribution in [-0.4, -0.2) is 25.0 Å². The predicted octanol–water partition coefficient (Wildman–Crippen LogP) is 2.56. The lowest BCUT2D eigenvalue weighted by atomic mass is 9.90. The Hall–Kier alpha value is -0.860. The van der Waals surface area contributed by atoms with E-state index in [9.17, 15) is 0 Å². The van der Waals surface area contributed by atoms with Crippen molar-refractivity contribution in [3.05, 3.63) is 34.4 Å². The fraction of sp³-hybridized carbons (Fsp3) is 0.571. The Morgan fingerprint density at radius 2 is 1.50 bits per heavy atom. The molecule has 0 spiro atoms. The molecular formula is C14H24N2. The molecule has 0 amide bonds. The van der Waals surface area contributed by atoms with Gasteiger partial charge in [-0.15, -0.1) is 0 Å². The summed E-state index contributed by atoms with van der Waals surface area (Å²) in [6.07, 6.45) is 0. The first kappa shape index (κ1) is 13.2. The van der Waals surface area contributed by atoms with Crippen molar-refractivity contribution in [1.82, 2.24) is 4.90 Å². The van der Waals surface area contributed by atoms with Crippen LogP contribution in [0.4, 0.5) is 0 Å². The topological polar surface area (TPSA) is 29.3 Å². The van der Waals surface area contributed by atoms with Crippen LogP contribution < -0.4 is 5.73 Å². The van der Waals surface area contributed by atoms with E-state index in [0.717, 1.165) is 0 Å². The Morgan fingerprint density at radius 1 is 1.06 bits per heavy atom.